The van der Waals surface area contributed by atoms with Crippen molar-refractivity contribution >= 4 is 32.7 Å². The summed E-state index contributed by atoms with van der Waals surface area (Å²) in [4.78, 5) is 29.4. The second-order valence-electron chi connectivity index (χ2n) is 6.52. The second-order valence-corrected chi connectivity index (χ2v) is 7.37. The van der Waals surface area contributed by atoms with Crippen molar-refractivity contribution in [1.82, 2.24) is 9.97 Å². The van der Waals surface area contributed by atoms with Gasteiger partial charge in [-0.3, -0.25) is 4.79 Å². The number of halogens is 1. The maximum absolute atomic E-state index is 12.6. The predicted octanol–water partition coefficient (Wildman–Crippen LogP) is 3.63. The summed E-state index contributed by atoms with van der Waals surface area (Å²) >= 11 is 3.46. The van der Waals surface area contributed by atoms with Crippen LogP contribution in [0.2, 0.25) is 0 Å². The Hall–Kier alpha value is -1.36. The molecule has 1 aromatic heterocycles. The average molecular weight is 349 g/mol. The first-order valence-corrected chi connectivity index (χ1v) is 8.34. The first-order valence-electron chi connectivity index (χ1n) is 7.55. The zero-order valence-electron chi connectivity index (χ0n) is 11.6. The fourth-order valence-electron chi connectivity index (χ4n) is 4.24. The molecule has 2 bridgehead atoms. The topological polar surface area (TPSA) is 65.7 Å². The summed E-state index contributed by atoms with van der Waals surface area (Å²) < 4.78 is 0.762. The van der Waals surface area contributed by atoms with Crippen LogP contribution in [0, 0.1) is 17.8 Å². The Morgan fingerprint density at radius 2 is 1.95 bits per heavy atom. The van der Waals surface area contributed by atoms with Crippen LogP contribution in [0.3, 0.4) is 0 Å². The Labute approximate surface area is 130 Å². The summed E-state index contributed by atoms with van der Waals surface area (Å²) in [6.45, 7) is 0. The quantitative estimate of drug-likeness (QED) is 0.831. The van der Waals surface area contributed by atoms with Crippen molar-refractivity contribution in [2.75, 3.05) is 0 Å². The van der Waals surface area contributed by atoms with E-state index >= 15 is 0 Å². The highest BCUT2D eigenvalue weighted by Crippen LogP contribution is 2.49. The maximum atomic E-state index is 12.6. The van der Waals surface area contributed by atoms with Gasteiger partial charge in [-0.2, -0.15) is 0 Å². The highest BCUT2D eigenvalue weighted by molar-refractivity contribution is 9.10. The zero-order chi connectivity index (χ0) is 14.6. The number of imidazole rings is 1. The summed E-state index contributed by atoms with van der Waals surface area (Å²) in [6, 6.07) is 3.59. The van der Waals surface area contributed by atoms with E-state index in [-0.39, 0.29) is 11.5 Å². The van der Waals surface area contributed by atoms with Crippen molar-refractivity contribution in [1.29, 1.82) is 0 Å². The number of carbonyl (C=O) groups is 1. The smallest absolute Gasteiger partial charge is 0.306 e. The van der Waals surface area contributed by atoms with E-state index in [1.54, 1.807) is 12.1 Å². The Balaban J connectivity index is 1.61. The molecule has 2 fully saturated rings. The molecule has 2 saturated carbocycles. The Kier molecular flexibility index (Phi) is 3.06. The summed E-state index contributed by atoms with van der Waals surface area (Å²) in [7, 11) is 0. The van der Waals surface area contributed by atoms with Gasteiger partial charge in [0.2, 0.25) is 0 Å². The Bertz CT molecular complexity index is 776. The third kappa shape index (κ3) is 2.27. The number of aromatic nitrogens is 2. The zero-order valence-corrected chi connectivity index (χ0v) is 13.2. The molecule has 4 rings (SSSR count). The van der Waals surface area contributed by atoms with Crippen LogP contribution in [0.1, 0.15) is 42.5 Å². The lowest BCUT2D eigenvalue weighted by atomic mass is 9.84. The largest absolute Gasteiger partial charge is 0.323 e. The van der Waals surface area contributed by atoms with Gasteiger partial charge >= 0.3 is 5.69 Å². The SMILES string of the molecule is O=C(CC1CC2CCC1C2)c1cc2[nH]c(=O)[nH]c2cc1Br. The van der Waals surface area contributed by atoms with E-state index in [2.05, 4.69) is 25.9 Å². The molecule has 3 unspecified atom stereocenters. The normalized spacial score (nSPS) is 27.6. The highest BCUT2D eigenvalue weighted by atomic mass is 79.9. The van der Waals surface area contributed by atoms with Crippen molar-refractivity contribution in [3.8, 4) is 0 Å². The number of H-pyrrole nitrogens is 2. The number of rotatable bonds is 3. The molecular weight excluding hydrogens is 332 g/mol. The van der Waals surface area contributed by atoms with Crippen molar-refractivity contribution in [3.05, 3.63) is 32.7 Å². The number of hydrogen-bond donors (Lipinski definition) is 2. The number of nitrogens with one attached hydrogen (secondary N) is 2. The molecular formula is C16H17BrN2O2. The molecule has 3 atom stereocenters. The van der Waals surface area contributed by atoms with Crippen molar-refractivity contribution in [2.24, 2.45) is 17.8 Å². The van der Waals surface area contributed by atoms with Gasteiger partial charge in [-0.1, -0.05) is 6.42 Å². The van der Waals surface area contributed by atoms with Gasteiger partial charge in [-0.15, -0.1) is 0 Å². The molecule has 110 valence electrons. The van der Waals surface area contributed by atoms with E-state index < -0.39 is 0 Å². The fraction of sp³-hybridized carbons (Fsp3) is 0.500. The van der Waals surface area contributed by atoms with Crippen LogP contribution >= 0.6 is 15.9 Å². The Morgan fingerprint density at radius 1 is 1.19 bits per heavy atom. The lowest BCUT2D eigenvalue weighted by Crippen LogP contribution is -2.15. The van der Waals surface area contributed by atoms with Gasteiger partial charge in [0.05, 0.1) is 11.0 Å². The third-order valence-corrected chi connectivity index (χ3v) is 5.89. The monoisotopic (exact) mass is 348 g/mol. The molecule has 0 radical (unpaired) electrons. The van der Waals surface area contributed by atoms with E-state index in [4.69, 9.17) is 0 Å². The molecule has 0 saturated heterocycles. The minimum atomic E-state index is -0.241. The summed E-state index contributed by atoms with van der Waals surface area (Å²) in [6.07, 6.45) is 5.84. The minimum absolute atomic E-state index is 0.184. The number of Topliss-reactive ketones (excluding diaryl/α,β-unsaturated/α-hetero) is 1. The predicted molar refractivity (Wildman–Crippen MR) is 84.5 cm³/mol. The molecule has 0 spiro atoms. The molecule has 1 heterocycles. The highest BCUT2D eigenvalue weighted by Gasteiger charge is 2.40. The van der Waals surface area contributed by atoms with Gasteiger partial charge in [-0.05, 0) is 65.1 Å². The number of aromatic amines is 2. The maximum Gasteiger partial charge on any atom is 0.323 e. The van der Waals surface area contributed by atoms with Gasteiger partial charge in [0, 0.05) is 16.5 Å². The van der Waals surface area contributed by atoms with Crippen molar-refractivity contribution < 1.29 is 4.79 Å². The van der Waals surface area contributed by atoms with E-state index in [1.165, 1.54) is 25.7 Å². The van der Waals surface area contributed by atoms with E-state index in [9.17, 15) is 9.59 Å². The van der Waals surface area contributed by atoms with Crippen LogP contribution in [-0.4, -0.2) is 15.8 Å². The van der Waals surface area contributed by atoms with Gasteiger partial charge < -0.3 is 9.97 Å². The lowest BCUT2D eigenvalue weighted by molar-refractivity contribution is 0.0943. The average Bonchev–Trinajstić information content (AvgIpc) is 3.11. The van der Waals surface area contributed by atoms with Crippen molar-refractivity contribution in [2.45, 2.75) is 32.1 Å². The number of benzene rings is 1. The van der Waals surface area contributed by atoms with E-state index in [0.717, 1.165) is 21.8 Å². The van der Waals surface area contributed by atoms with Crippen molar-refractivity contribution in [3.63, 3.8) is 0 Å². The summed E-state index contributed by atoms with van der Waals surface area (Å²) in [5, 5.41) is 0. The van der Waals surface area contributed by atoms with Gasteiger partial charge in [0.25, 0.3) is 0 Å². The lowest BCUT2D eigenvalue weighted by Gasteiger charge is -2.20. The second kappa shape index (κ2) is 4.83. The molecule has 2 aliphatic carbocycles. The molecule has 4 nitrogen and oxygen atoms in total. The minimum Gasteiger partial charge on any atom is -0.306 e. The van der Waals surface area contributed by atoms with Crippen LogP contribution in [0.5, 0.6) is 0 Å². The standard InChI is InChI=1S/C16H17BrN2O2/c17-12-7-14-13(18-16(21)19-14)6-11(12)15(20)5-10-4-8-1-2-9(10)3-8/h6-10H,1-5H2,(H2,18,19,21). The Morgan fingerprint density at radius 3 is 2.62 bits per heavy atom. The van der Waals surface area contributed by atoms with Crippen LogP contribution in [0.15, 0.2) is 21.4 Å². The molecule has 0 aliphatic heterocycles. The molecule has 2 aliphatic rings. The third-order valence-electron chi connectivity index (χ3n) is 5.24. The number of carbonyl (C=O) groups excluding carboxylic acids is 1. The molecule has 0 amide bonds. The first kappa shape index (κ1) is 13.3. The fourth-order valence-corrected chi connectivity index (χ4v) is 4.81. The van der Waals surface area contributed by atoms with Gasteiger partial charge in [0.15, 0.2) is 5.78 Å². The van der Waals surface area contributed by atoms with Crippen LogP contribution in [0.4, 0.5) is 0 Å². The summed E-state index contributed by atoms with van der Waals surface area (Å²) in [5.41, 5.74) is 1.86. The van der Waals surface area contributed by atoms with E-state index in [0.29, 0.717) is 23.4 Å². The van der Waals surface area contributed by atoms with Gasteiger partial charge in [0.1, 0.15) is 0 Å². The van der Waals surface area contributed by atoms with E-state index in [1.807, 2.05) is 0 Å². The van der Waals surface area contributed by atoms with Crippen LogP contribution < -0.4 is 5.69 Å². The molecule has 1 aromatic carbocycles. The molecule has 21 heavy (non-hydrogen) atoms. The van der Waals surface area contributed by atoms with Crippen LogP contribution in [0.25, 0.3) is 11.0 Å². The molecule has 5 heteroatoms. The summed E-state index contributed by atoms with van der Waals surface area (Å²) in [5.74, 6) is 2.36. The number of fused-ring (bicyclic) bond motifs is 3. The molecule has 2 aromatic rings. The first-order chi connectivity index (χ1) is 10.1. The van der Waals surface area contributed by atoms with Crippen LogP contribution in [-0.2, 0) is 0 Å². The molecule has 2 N–H and O–H groups in total. The van der Waals surface area contributed by atoms with Gasteiger partial charge in [-0.25, -0.2) is 4.79 Å². The number of ketones is 1. The number of hydrogen-bond acceptors (Lipinski definition) is 2.